The Morgan fingerprint density at radius 1 is 1.13 bits per heavy atom. The zero-order chi connectivity index (χ0) is 21.6. The SMILES string of the molecule is CCOC(=O)C1(Cc2ccccc2C)CCCN(C(=O)Nc2ccc(OC)cc2)C1. The number of anilines is 1. The van der Waals surface area contributed by atoms with E-state index in [4.69, 9.17) is 9.47 Å². The number of esters is 1. The average molecular weight is 411 g/mol. The van der Waals surface area contributed by atoms with Crippen molar-refractivity contribution in [1.29, 1.82) is 0 Å². The van der Waals surface area contributed by atoms with E-state index < -0.39 is 5.41 Å². The summed E-state index contributed by atoms with van der Waals surface area (Å²) in [4.78, 5) is 27.7. The summed E-state index contributed by atoms with van der Waals surface area (Å²) in [6, 6.07) is 15.1. The molecule has 1 fully saturated rings. The zero-order valence-corrected chi connectivity index (χ0v) is 17.9. The van der Waals surface area contributed by atoms with Gasteiger partial charge in [-0.25, -0.2) is 4.79 Å². The largest absolute Gasteiger partial charge is 0.497 e. The highest BCUT2D eigenvalue weighted by atomic mass is 16.5. The van der Waals surface area contributed by atoms with E-state index in [9.17, 15) is 9.59 Å². The third-order valence-electron chi connectivity index (χ3n) is 5.70. The third-order valence-corrected chi connectivity index (χ3v) is 5.70. The van der Waals surface area contributed by atoms with E-state index in [1.165, 1.54) is 0 Å². The second-order valence-electron chi connectivity index (χ2n) is 7.79. The van der Waals surface area contributed by atoms with Crippen LogP contribution in [0.25, 0.3) is 0 Å². The van der Waals surface area contributed by atoms with Gasteiger partial charge in [0.1, 0.15) is 5.75 Å². The lowest BCUT2D eigenvalue weighted by Crippen LogP contribution is -2.52. The summed E-state index contributed by atoms with van der Waals surface area (Å²) in [5, 5.41) is 2.93. The molecule has 0 aliphatic carbocycles. The predicted molar refractivity (Wildman–Crippen MR) is 117 cm³/mol. The molecular formula is C24H30N2O4. The summed E-state index contributed by atoms with van der Waals surface area (Å²) in [6.07, 6.45) is 2.01. The number of nitrogens with one attached hydrogen (secondary N) is 1. The van der Waals surface area contributed by atoms with E-state index >= 15 is 0 Å². The van der Waals surface area contributed by atoms with Gasteiger partial charge in [-0.15, -0.1) is 0 Å². The smallest absolute Gasteiger partial charge is 0.321 e. The number of rotatable bonds is 6. The van der Waals surface area contributed by atoms with Gasteiger partial charge >= 0.3 is 12.0 Å². The zero-order valence-electron chi connectivity index (χ0n) is 17.9. The highest BCUT2D eigenvalue weighted by molar-refractivity contribution is 5.90. The molecular weight excluding hydrogens is 380 g/mol. The monoisotopic (exact) mass is 410 g/mol. The fourth-order valence-electron chi connectivity index (χ4n) is 4.02. The van der Waals surface area contributed by atoms with Crippen LogP contribution in [0.4, 0.5) is 10.5 Å². The number of carbonyl (C=O) groups is 2. The first kappa shape index (κ1) is 21.7. The molecule has 1 aliphatic heterocycles. The normalized spacial score (nSPS) is 18.6. The van der Waals surface area contributed by atoms with Gasteiger partial charge in [-0.05, 0) is 68.5 Å². The van der Waals surface area contributed by atoms with Crippen LogP contribution in [0.3, 0.4) is 0 Å². The Morgan fingerprint density at radius 2 is 1.87 bits per heavy atom. The Morgan fingerprint density at radius 3 is 2.53 bits per heavy atom. The predicted octanol–water partition coefficient (Wildman–Crippen LogP) is 4.42. The number of likely N-dealkylation sites (tertiary alicyclic amines) is 1. The van der Waals surface area contributed by atoms with Gasteiger partial charge in [0.2, 0.25) is 0 Å². The molecule has 0 aromatic heterocycles. The van der Waals surface area contributed by atoms with Crippen molar-refractivity contribution >= 4 is 17.7 Å². The Labute approximate surface area is 178 Å². The number of hydrogen-bond acceptors (Lipinski definition) is 4. The lowest BCUT2D eigenvalue weighted by molar-refractivity contribution is -0.158. The molecule has 1 saturated heterocycles. The average Bonchev–Trinajstić information content (AvgIpc) is 2.76. The van der Waals surface area contributed by atoms with Crippen molar-refractivity contribution in [2.45, 2.75) is 33.1 Å². The summed E-state index contributed by atoms with van der Waals surface area (Å²) < 4.78 is 10.6. The fraction of sp³-hybridized carbons (Fsp3) is 0.417. The van der Waals surface area contributed by atoms with E-state index in [0.29, 0.717) is 38.2 Å². The minimum absolute atomic E-state index is 0.210. The van der Waals surface area contributed by atoms with Crippen LogP contribution in [0.2, 0.25) is 0 Å². The van der Waals surface area contributed by atoms with Gasteiger partial charge < -0.3 is 19.7 Å². The fourth-order valence-corrected chi connectivity index (χ4v) is 4.02. The van der Waals surface area contributed by atoms with Crippen LogP contribution in [0, 0.1) is 12.3 Å². The molecule has 2 aromatic rings. The lowest BCUT2D eigenvalue weighted by atomic mass is 9.74. The van der Waals surface area contributed by atoms with Crippen LogP contribution in [0.5, 0.6) is 5.75 Å². The topological polar surface area (TPSA) is 67.9 Å². The van der Waals surface area contributed by atoms with E-state index in [1.807, 2.05) is 38.1 Å². The number of carbonyl (C=O) groups excluding carboxylic acids is 2. The maximum absolute atomic E-state index is 13.0. The van der Waals surface area contributed by atoms with Crippen molar-refractivity contribution in [3.63, 3.8) is 0 Å². The van der Waals surface area contributed by atoms with E-state index in [1.54, 1.807) is 36.3 Å². The first-order valence-corrected chi connectivity index (χ1v) is 10.4. The number of hydrogen-bond donors (Lipinski definition) is 1. The van der Waals surface area contributed by atoms with Crippen molar-refractivity contribution < 1.29 is 19.1 Å². The first-order valence-electron chi connectivity index (χ1n) is 10.4. The summed E-state index contributed by atoms with van der Waals surface area (Å²) in [5.41, 5.74) is 2.20. The molecule has 2 amide bonds. The molecule has 1 heterocycles. The minimum Gasteiger partial charge on any atom is -0.497 e. The lowest BCUT2D eigenvalue weighted by Gasteiger charge is -2.41. The number of aryl methyl sites for hydroxylation is 1. The Balaban J connectivity index is 1.79. The van der Waals surface area contributed by atoms with Crippen LogP contribution in [-0.2, 0) is 16.0 Å². The summed E-state index contributed by atoms with van der Waals surface area (Å²) in [5.74, 6) is 0.501. The van der Waals surface area contributed by atoms with Crippen molar-refractivity contribution in [2.24, 2.45) is 5.41 Å². The van der Waals surface area contributed by atoms with Crippen LogP contribution in [0.15, 0.2) is 48.5 Å². The first-order chi connectivity index (χ1) is 14.5. The van der Waals surface area contributed by atoms with Crippen molar-refractivity contribution in [1.82, 2.24) is 4.90 Å². The van der Waals surface area contributed by atoms with Crippen LogP contribution >= 0.6 is 0 Å². The third kappa shape index (κ3) is 4.93. The van der Waals surface area contributed by atoms with Gasteiger partial charge in [-0.3, -0.25) is 4.79 Å². The van der Waals surface area contributed by atoms with Gasteiger partial charge in [0.15, 0.2) is 0 Å². The summed E-state index contributed by atoms with van der Waals surface area (Å²) in [7, 11) is 1.60. The molecule has 6 nitrogen and oxygen atoms in total. The van der Waals surface area contributed by atoms with Gasteiger partial charge in [-0.2, -0.15) is 0 Å². The number of methoxy groups -OCH3 is 1. The van der Waals surface area contributed by atoms with Gasteiger partial charge in [0, 0.05) is 18.8 Å². The number of piperidine rings is 1. The van der Waals surface area contributed by atoms with Gasteiger partial charge in [0.05, 0.1) is 19.1 Å². The van der Waals surface area contributed by atoms with Gasteiger partial charge in [-0.1, -0.05) is 24.3 Å². The standard InChI is InChI=1S/C24H30N2O4/c1-4-30-22(27)24(16-19-9-6-5-8-18(19)2)14-7-15-26(17-24)23(28)25-20-10-12-21(29-3)13-11-20/h5-6,8-13H,4,7,14-17H2,1-3H3,(H,25,28). The molecule has 0 spiro atoms. The highest BCUT2D eigenvalue weighted by Crippen LogP contribution is 2.36. The minimum atomic E-state index is -0.738. The van der Waals surface area contributed by atoms with E-state index in [-0.39, 0.29) is 12.0 Å². The molecule has 1 atom stereocenters. The molecule has 3 rings (SSSR count). The molecule has 1 unspecified atom stereocenters. The molecule has 160 valence electrons. The molecule has 6 heteroatoms. The number of benzene rings is 2. The van der Waals surface area contributed by atoms with Crippen molar-refractivity contribution in [3.8, 4) is 5.75 Å². The highest BCUT2D eigenvalue weighted by Gasteiger charge is 2.45. The quantitative estimate of drug-likeness (QED) is 0.716. The second-order valence-corrected chi connectivity index (χ2v) is 7.79. The molecule has 0 saturated carbocycles. The van der Waals surface area contributed by atoms with Gasteiger partial charge in [0.25, 0.3) is 0 Å². The number of ether oxygens (including phenoxy) is 2. The van der Waals surface area contributed by atoms with Crippen LogP contribution < -0.4 is 10.1 Å². The van der Waals surface area contributed by atoms with Crippen LogP contribution in [0.1, 0.15) is 30.9 Å². The maximum Gasteiger partial charge on any atom is 0.321 e. The number of amides is 2. The second kappa shape index (κ2) is 9.65. The van der Waals surface area contributed by atoms with E-state index in [0.717, 1.165) is 23.3 Å². The molecule has 0 bridgehead atoms. The van der Waals surface area contributed by atoms with Crippen molar-refractivity contribution in [3.05, 3.63) is 59.7 Å². The number of nitrogens with zero attached hydrogens (tertiary/aromatic N) is 1. The molecule has 0 radical (unpaired) electrons. The molecule has 1 N–H and O–H groups in total. The molecule has 1 aliphatic rings. The summed E-state index contributed by atoms with van der Waals surface area (Å²) >= 11 is 0. The molecule has 30 heavy (non-hydrogen) atoms. The Bertz CT molecular complexity index is 881. The van der Waals surface area contributed by atoms with Crippen molar-refractivity contribution in [2.75, 3.05) is 32.1 Å². The molecule has 2 aromatic carbocycles. The Hall–Kier alpha value is -3.02. The summed E-state index contributed by atoms with van der Waals surface area (Å²) in [6.45, 7) is 5.13. The number of urea groups is 1. The van der Waals surface area contributed by atoms with E-state index in [2.05, 4.69) is 5.32 Å². The van der Waals surface area contributed by atoms with Crippen LogP contribution in [-0.4, -0.2) is 43.7 Å². The Kier molecular flexibility index (Phi) is 6.98. The maximum atomic E-state index is 13.0.